The predicted molar refractivity (Wildman–Crippen MR) is 78.2 cm³/mol. The van der Waals surface area contributed by atoms with E-state index in [9.17, 15) is 8.78 Å². The molecule has 2 rings (SSSR count). The minimum atomic E-state index is -0.706. The molecule has 20 heavy (non-hydrogen) atoms. The number of benzene rings is 1. The maximum atomic E-state index is 14.1. The maximum absolute atomic E-state index is 14.1. The number of nitrogen functional groups attached to an aromatic ring is 1. The van der Waals surface area contributed by atoms with Gasteiger partial charge >= 0.3 is 0 Å². The monoisotopic (exact) mass is 341 g/mol. The van der Waals surface area contributed by atoms with Gasteiger partial charge in [0, 0.05) is 11.5 Å². The van der Waals surface area contributed by atoms with Crippen molar-refractivity contribution in [2.24, 2.45) is 0 Å². The predicted octanol–water partition coefficient (Wildman–Crippen LogP) is 4.06. The van der Waals surface area contributed by atoms with E-state index in [1.165, 1.54) is 18.2 Å². The smallest absolute Gasteiger partial charge is 0.149 e. The molecule has 106 valence electrons. The number of halogens is 3. The molecule has 2 aromatic rings. The summed E-state index contributed by atoms with van der Waals surface area (Å²) in [4.78, 5) is 8.37. The van der Waals surface area contributed by atoms with Crippen LogP contribution in [0.15, 0.2) is 22.7 Å². The van der Waals surface area contributed by atoms with Gasteiger partial charge in [-0.15, -0.1) is 0 Å². The molecule has 0 amide bonds. The zero-order valence-corrected chi connectivity index (χ0v) is 12.9. The first-order valence-electron chi connectivity index (χ1n) is 5.99. The lowest BCUT2D eigenvalue weighted by Crippen LogP contribution is -2.17. The molecule has 2 N–H and O–H groups in total. The first kappa shape index (κ1) is 14.8. The van der Waals surface area contributed by atoms with E-state index in [1.807, 2.05) is 20.8 Å². The van der Waals surface area contributed by atoms with Crippen molar-refractivity contribution in [1.29, 1.82) is 0 Å². The number of nitrogens with two attached hydrogens (primary N) is 1. The van der Waals surface area contributed by atoms with Crippen molar-refractivity contribution in [3.63, 3.8) is 0 Å². The number of nitrogens with zero attached hydrogens (tertiary/aromatic N) is 2. The van der Waals surface area contributed by atoms with Crippen LogP contribution in [0.1, 0.15) is 26.6 Å². The number of hydrogen-bond donors (Lipinski definition) is 1. The van der Waals surface area contributed by atoms with Gasteiger partial charge in [0.25, 0.3) is 0 Å². The van der Waals surface area contributed by atoms with Crippen molar-refractivity contribution in [2.45, 2.75) is 26.2 Å². The fourth-order valence-corrected chi connectivity index (χ4v) is 2.02. The number of hydrogen-bond acceptors (Lipinski definition) is 3. The molecule has 1 aromatic carbocycles. The Morgan fingerprint density at radius 2 is 1.80 bits per heavy atom. The van der Waals surface area contributed by atoms with E-state index in [-0.39, 0.29) is 27.0 Å². The van der Waals surface area contributed by atoms with E-state index in [0.29, 0.717) is 5.82 Å². The number of rotatable bonds is 1. The van der Waals surface area contributed by atoms with E-state index in [2.05, 4.69) is 25.9 Å². The summed E-state index contributed by atoms with van der Waals surface area (Å²) < 4.78 is 28.2. The van der Waals surface area contributed by atoms with E-state index >= 15 is 0 Å². The quantitative estimate of drug-likeness (QED) is 0.795. The lowest BCUT2D eigenvalue weighted by atomic mass is 9.95. The number of aromatic nitrogens is 2. The first-order chi connectivity index (χ1) is 9.20. The van der Waals surface area contributed by atoms with Gasteiger partial charge in [-0.25, -0.2) is 18.7 Å². The Bertz CT molecular complexity index is 666. The van der Waals surface area contributed by atoms with E-state index in [4.69, 9.17) is 5.73 Å². The van der Waals surface area contributed by atoms with Gasteiger partial charge in [0.1, 0.15) is 23.3 Å². The fraction of sp³-hybridized carbons (Fsp3) is 0.286. The molecule has 0 aliphatic carbocycles. The van der Waals surface area contributed by atoms with Crippen LogP contribution in [0.2, 0.25) is 0 Å². The molecule has 0 saturated heterocycles. The average Bonchev–Trinajstić information content (AvgIpc) is 2.33. The molecular formula is C14H14BrF2N3. The Morgan fingerprint density at radius 1 is 1.15 bits per heavy atom. The molecule has 0 spiro atoms. The minimum Gasteiger partial charge on any atom is -0.384 e. The second-order valence-electron chi connectivity index (χ2n) is 5.47. The van der Waals surface area contributed by atoms with Crippen molar-refractivity contribution >= 4 is 21.7 Å². The van der Waals surface area contributed by atoms with E-state index in [0.717, 1.165) is 0 Å². The zero-order valence-electron chi connectivity index (χ0n) is 11.3. The van der Waals surface area contributed by atoms with Crippen molar-refractivity contribution in [3.05, 3.63) is 40.1 Å². The summed E-state index contributed by atoms with van der Waals surface area (Å²) in [5, 5.41) is 0. The third kappa shape index (κ3) is 2.80. The van der Waals surface area contributed by atoms with Crippen LogP contribution in [0.3, 0.4) is 0 Å². The Kier molecular flexibility index (Phi) is 3.77. The second-order valence-corrected chi connectivity index (χ2v) is 6.32. The Hall–Kier alpha value is -1.56. The molecule has 6 heteroatoms. The summed E-state index contributed by atoms with van der Waals surface area (Å²) in [5.74, 6) is -0.781. The lowest BCUT2D eigenvalue weighted by Gasteiger charge is -2.18. The van der Waals surface area contributed by atoms with Crippen LogP contribution in [-0.2, 0) is 5.41 Å². The minimum absolute atomic E-state index is 0.138. The highest BCUT2D eigenvalue weighted by molar-refractivity contribution is 9.10. The highest BCUT2D eigenvalue weighted by Gasteiger charge is 2.22. The van der Waals surface area contributed by atoms with Gasteiger partial charge in [0.05, 0.1) is 15.7 Å². The molecule has 0 fully saturated rings. The standard InChI is InChI=1S/C14H14BrF2N3/c1-14(2,3)13-19-9(6-10(18)20-13)11-8(16)5-4-7(15)12(11)17/h4-6H,1-3H3,(H2,18,19,20). The van der Waals surface area contributed by atoms with Gasteiger partial charge < -0.3 is 5.73 Å². The summed E-state index contributed by atoms with van der Waals surface area (Å²) in [6, 6.07) is 3.85. The molecule has 0 unspecified atom stereocenters. The molecule has 0 saturated carbocycles. The summed E-state index contributed by atoms with van der Waals surface area (Å²) in [6.45, 7) is 5.71. The second kappa shape index (κ2) is 5.09. The van der Waals surface area contributed by atoms with Crippen LogP contribution < -0.4 is 5.73 Å². The Morgan fingerprint density at radius 3 is 2.40 bits per heavy atom. The third-order valence-corrected chi connectivity index (χ3v) is 3.33. The van der Waals surface area contributed by atoms with Crippen molar-refractivity contribution < 1.29 is 8.78 Å². The van der Waals surface area contributed by atoms with Gasteiger partial charge in [-0.05, 0) is 28.1 Å². The molecule has 1 heterocycles. The number of anilines is 1. The topological polar surface area (TPSA) is 51.8 Å². The normalized spacial score (nSPS) is 11.7. The summed E-state index contributed by atoms with van der Waals surface area (Å²) >= 11 is 3.04. The van der Waals surface area contributed by atoms with Crippen LogP contribution in [-0.4, -0.2) is 9.97 Å². The van der Waals surface area contributed by atoms with Crippen molar-refractivity contribution in [2.75, 3.05) is 5.73 Å². The largest absolute Gasteiger partial charge is 0.384 e. The van der Waals surface area contributed by atoms with E-state index < -0.39 is 11.6 Å². The molecular weight excluding hydrogens is 328 g/mol. The summed E-state index contributed by atoms with van der Waals surface area (Å²) in [7, 11) is 0. The highest BCUT2D eigenvalue weighted by atomic mass is 79.9. The van der Waals surface area contributed by atoms with Gasteiger partial charge in [-0.3, -0.25) is 0 Å². The molecule has 0 aliphatic rings. The van der Waals surface area contributed by atoms with Crippen molar-refractivity contribution in [1.82, 2.24) is 9.97 Å². The maximum Gasteiger partial charge on any atom is 0.149 e. The molecule has 0 bridgehead atoms. The van der Waals surface area contributed by atoms with Gasteiger partial charge in [-0.1, -0.05) is 20.8 Å². The molecule has 3 nitrogen and oxygen atoms in total. The van der Waals surface area contributed by atoms with Crippen LogP contribution in [0.25, 0.3) is 11.3 Å². The Labute approximate surface area is 124 Å². The van der Waals surface area contributed by atoms with Crippen LogP contribution in [0.5, 0.6) is 0 Å². The first-order valence-corrected chi connectivity index (χ1v) is 6.78. The molecule has 1 aromatic heterocycles. The fourth-order valence-electron chi connectivity index (χ4n) is 1.69. The molecule has 0 aliphatic heterocycles. The third-order valence-electron chi connectivity index (χ3n) is 2.72. The summed E-state index contributed by atoms with van der Waals surface area (Å²) in [5.41, 5.74) is 5.28. The molecule has 0 atom stereocenters. The highest BCUT2D eigenvalue weighted by Crippen LogP contribution is 2.31. The van der Waals surface area contributed by atoms with Crippen LogP contribution >= 0.6 is 15.9 Å². The van der Waals surface area contributed by atoms with E-state index in [1.54, 1.807) is 0 Å². The lowest BCUT2D eigenvalue weighted by molar-refractivity contribution is 0.545. The SMILES string of the molecule is CC(C)(C)c1nc(N)cc(-c2c(F)ccc(Br)c2F)n1. The van der Waals surface area contributed by atoms with Crippen LogP contribution in [0, 0.1) is 11.6 Å². The van der Waals surface area contributed by atoms with Gasteiger partial charge in [0.15, 0.2) is 0 Å². The Balaban J connectivity index is 2.71. The van der Waals surface area contributed by atoms with Gasteiger partial charge in [0.2, 0.25) is 0 Å². The zero-order chi connectivity index (χ0) is 15.1. The van der Waals surface area contributed by atoms with Gasteiger partial charge in [-0.2, -0.15) is 0 Å². The summed E-state index contributed by atoms with van der Waals surface area (Å²) in [6.07, 6.45) is 0. The molecule has 0 radical (unpaired) electrons. The van der Waals surface area contributed by atoms with Crippen molar-refractivity contribution in [3.8, 4) is 11.3 Å². The van der Waals surface area contributed by atoms with Crippen LogP contribution in [0.4, 0.5) is 14.6 Å². The average molecular weight is 342 g/mol.